The summed E-state index contributed by atoms with van der Waals surface area (Å²) in [6, 6.07) is 10.3. The number of rotatable bonds is 4. The minimum absolute atomic E-state index is 0.196. The van der Waals surface area contributed by atoms with Gasteiger partial charge in [0.2, 0.25) is 0 Å². The summed E-state index contributed by atoms with van der Waals surface area (Å²) in [6.45, 7) is 0. The van der Waals surface area contributed by atoms with Gasteiger partial charge < -0.3 is 4.42 Å². The second kappa shape index (κ2) is 5.98. The first kappa shape index (κ1) is 16.6. The Morgan fingerprint density at radius 3 is 2.40 bits per heavy atom. The number of hydrogen-bond donors (Lipinski definition) is 0. The van der Waals surface area contributed by atoms with Gasteiger partial charge in [-0.3, -0.25) is 10.1 Å². The predicted octanol–water partition coefficient (Wildman–Crippen LogP) is 1.92. The van der Waals surface area contributed by atoms with E-state index < -0.39 is 26.6 Å². The number of hydrogen-bond acceptors (Lipinski definition) is 7. The van der Waals surface area contributed by atoms with Gasteiger partial charge in [0.05, 0.1) is 20.7 Å². The summed E-state index contributed by atoms with van der Waals surface area (Å²) in [7, 11) is -2.93. The molecule has 0 fully saturated rings. The molecular formula is C15H11N3O6S. The van der Waals surface area contributed by atoms with Crippen LogP contribution in [0, 0.1) is 10.1 Å². The Labute approximate surface area is 141 Å². The van der Waals surface area contributed by atoms with Gasteiger partial charge in [0, 0.05) is 19.2 Å². The van der Waals surface area contributed by atoms with Crippen LogP contribution in [0.3, 0.4) is 0 Å². The van der Waals surface area contributed by atoms with E-state index in [9.17, 15) is 23.3 Å². The molecule has 1 aromatic heterocycles. The number of nitrogens with zero attached hydrogens (tertiary/aromatic N) is 3. The van der Waals surface area contributed by atoms with Crippen molar-refractivity contribution in [2.24, 2.45) is 0 Å². The summed E-state index contributed by atoms with van der Waals surface area (Å²) < 4.78 is 30.9. The number of para-hydroxylation sites is 1. The van der Waals surface area contributed by atoms with Crippen molar-refractivity contribution in [2.45, 2.75) is 4.90 Å². The molecule has 0 unspecified atom stereocenters. The molecule has 0 aliphatic rings. The van der Waals surface area contributed by atoms with Gasteiger partial charge in [-0.25, -0.2) is 17.5 Å². The second-order valence-electron chi connectivity index (χ2n) is 5.02. The standard InChI is InChI=1S/C15H11N3O6S/c1-17(15-16-13-5-3-2-4-12(13)14(19)24-15)25(22,23)11-8-6-10(7-9-11)18(20)21/h2-9H,1H3. The van der Waals surface area contributed by atoms with Crippen LogP contribution in [-0.2, 0) is 10.0 Å². The molecule has 128 valence electrons. The average Bonchev–Trinajstić information content (AvgIpc) is 2.61. The molecule has 0 saturated carbocycles. The molecule has 0 N–H and O–H groups in total. The van der Waals surface area contributed by atoms with Crippen LogP contribution in [0.25, 0.3) is 10.9 Å². The van der Waals surface area contributed by atoms with E-state index in [1.54, 1.807) is 18.2 Å². The highest BCUT2D eigenvalue weighted by molar-refractivity contribution is 7.92. The maximum atomic E-state index is 12.6. The Balaban J connectivity index is 2.05. The Morgan fingerprint density at radius 2 is 1.76 bits per heavy atom. The van der Waals surface area contributed by atoms with Crippen LogP contribution in [0.15, 0.2) is 62.6 Å². The number of anilines is 1. The largest absolute Gasteiger partial charge is 0.388 e. The zero-order valence-electron chi connectivity index (χ0n) is 12.8. The van der Waals surface area contributed by atoms with Crippen molar-refractivity contribution < 1.29 is 17.8 Å². The molecule has 10 heteroatoms. The smallest absolute Gasteiger partial charge is 0.348 e. The number of fused-ring (bicyclic) bond motifs is 1. The van der Waals surface area contributed by atoms with Crippen LogP contribution in [-0.4, -0.2) is 25.4 Å². The van der Waals surface area contributed by atoms with Crippen molar-refractivity contribution >= 4 is 32.6 Å². The SMILES string of the molecule is CN(c1nc2ccccc2c(=O)o1)S(=O)(=O)c1ccc([N+](=O)[O-])cc1. The monoisotopic (exact) mass is 361 g/mol. The minimum atomic E-state index is -4.10. The topological polar surface area (TPSA) is 124 Å². The third-order valence-electron chi connectivity index (χ3n) is 3.50. The van der Waals surface area contributed by atoms with Gasteiger partial charge in [-0.1, -0.05) is 12.1 Å². The Kier molecular flexibility index (Phi) is 3.97. The van der Waals surface area contributed by atoms with Crippen LogP contribution in [0.2, 0.25) is 0 Å². The summed E-state index contributed by atoms with van der Waals surface area (Å²) >= 11 is 0. The van der Waals surface area contributed by atoms with Crippen molar-refractivity contribution in [1.82, 2.24) is 4.98 Å². The lowest BCUT2D eigenvalue weighted by Crippen LogP contribution is -2.28. The fourth-order valence-corrected chi connectivity index (χ4v) is 3.22. The molecule has 0 spiro atoms. The van der Waals surface area contributed by atoms with Gasteiger partial charge in [0.25, 0.3) is 15.7 Å². The predicted molar refractivity (Wildman–Crippen MR) is 89.0 cm³/mol. The molecule has 25 heavy (non-hydrogen) atoms. The molecule has 1 heterocycles. The van der Waals surface area contributed by atoms with Crippen molar-refractivity contribution in [3.63, 3.8) is 0 Å². The van der Waals surface area contributed by atoms with Gasteiger partial charge in [-0.2, -0.15) is 4.98 Å². The molecule has 0 amide bonds. The fourth-order valence-electron chi connectivity index (χ4n) is 2.14. The molecule has 3 rings (SSSR count). The van der Waals surface area contributed by atoms with Gasteiger partial charge in [0.1, 0.15) is 0 Å². The van der Waals surface area contributed by atoms with Crippen LogP contribution in [0.1, 0.15) is 0 Å². The minimum Gasteiger partial charge on any atom is -0.388 e. The third kappa shape index (κ3) is 2.94. The van der Waals surface area contributed by atoms with Crippen molar-refractivity contribution in [2.75, 3.05) is 11.4 Å². The highest BCUT2D eigenvalue weighted by atomic mass is 32.2. The third-order valence-corrected chi connectivity index (χ3v) is 5.24. The first-order valence-corrected chi connectivity index (χ1v) is 8.38. The summed E-state index contributed by atoms with van der Waals surface area (Å²) in [5.74, 6) is 0. The lowest BCUT2D eigenvalue weighted by Gasteiger charge is -2.16. The highest BCUT2D eigenvalue weighted by Gasteiger charge is 2.25. The number of sulfonamides is 1. The van der Waals surface area contributed by atoms with E-state index in [-0.39, 0.29) is 16.0 Å². The Morgan fingerprint density at radius 1 is 1.12 bits per heavy atom. The number of aromatic nitrogens is 1. The van der Waals surface area contributed by atoms with Crippen LogP contribution in [0.5, 0.6) is 0 Å². The average molecular weight is 361 g/mol. The number of non-ortho nitro benzene ring substituents is 1. The van der Waals surface area contributed by atoms with Gasteiger partial charge in [-0.05, 0) is 24.3 Å². The molecule has 0 atom stereocenters. The number of nitro groups is 1. The molecule has 2 aromatic carbocycles. The summed E-state index contributed by atoms with van der Waals surface area (Å²) in [6.07, 6.45) is 0. The van der Waals surface area contributed by atoms with Crippen LogP contribution in [0.4, 0.5) is 11.7 Å². The Hall–Kier alpha value is -3.27. The summed E-state index contributed by atoms with van der Waals surface area (Å²) in [5.41, 5.74) is -0.664. The van der Waals surface area contributed by atoms with E-state index in [0.717, 1.165) is 24.3 Å². The lowest BCUT2D eigenvalue weighted by atomic mass is 10.2. The lowest BCUT2D eigenvalue weighted by molar-refractivity contribution is -0.384. The van der Waals surface area contributed by atoms with E-state index in [0.29, 0.717) is 9.82 Å². The highest BCUT2D eigenvalue weighted by Crippen LogP contribution is 2.23. The normalized spacial score (nSPS) is 11.4. The van der Waals surface area contributed by atoms with Crippen molar-refractivity contribution in [1.29, 1.82) is 0 Å². The molecule has 9 nitrogen and oxygen atoms in total. The maximum Gasteiger partial charge on any atom is 0.348 e. The van der Waals surface area contributed by atoms with Gasteiger partial charge in [0.15, 0.2) is 0 Å². The summed E-state index contributed by atoms with van der Waals surface area (Å²) in [4.78, 5) is 25.9. The molecular weight excluding hydrogens is 350 g/mol. The summed E-state index contributed by atoms with van der Waals surface area (Å²) in [5, 5.41) is 10.9. The molecule has 0 saturated heterocycles. The molecule has 0 aliphatic carbocycles. The maximum absolute atomic E-state index is 12.6. The van der Waals surface area contributed by atoms with Crippen molar-refractivity contribution in [3.8, 4) is 0 Å². The fraction of sp³-hybridized carbons (Fsp3) is 0.0667. The molecule has 0 aliphatic heterocycles. The first-order chi connectivity index (χ1) is 11.8. The zero-order valence-corrected chi connectivity index (χ0v) is 13.6. The van der Waals surface area contributed by atoms with E-state index in [1.165, 1.54) is 13.1 Å². The van der Waals surface area contributed by atoms with E-state index >= 15 is 0 Å². The first-order valence-electron chi connectivity index (χ1n) is 6.94. The molecule has 3 aromatic rings. The number of benzene rings is 2. The van der Waals surface area contributed by atoms with Gasteiger partial charge in [-0.15, -0.1) is 0 Å². The Bertz CT molecular complexity index is 1120. The molecule has 0 radical (unpaired) electrons. The quantitative estimate of drug-likeness (QED) is 0.513. The number of nitro benzene ring substituents is 1. The zero-order chi connectivity index (χ0) is 18.2. The van der Waals surface area contributed by atoms with Crippen LogP contribution < -0.4 is 9.93 Å². The molecule has 0 bridgehead atoms. The van der Waals surface area contributed by atoms with E-state index in [4.69, 9.17) is 4.42 Å². The van der Waals surface area contributed by atoms with E-state index in [1.807, 2.05) is 0 Å². The van der Waals surface area contributed by atoms with Gasteiger partial charge >= 0.3 is 11.6 Å². The second-order valence-corrected chi connectivity index (χ2v) is 6.99. The van der Waals surface area contributed by atoms with Crippen LogP contribution >= 0.6 is 0 Å². The van der Waals surface area contributed by atoms with E-state index in [2.05, 4.69) is 4.98 Å². The van der Waals surface area contributed by atoms with Crippen molar-refractivity contribution in [3.05, 3.63) is 69.1 Å².